The monoisotopic (exact) mass is 430 g/mol. The molecule has 5 nitrogen and oxygen atoms in total. The lowest BCUT2D eigenvalue weighted by Crippen LogP contribution is -2.41. The zero-order valence-electron chi connectivity index (χ0n) is 18.0. The normalized spacial score (nSPS) is 17.8. The minimum Gasteiger partial charge on any atom is -0.481 e. The van der Waals surface area contributed by atoms with Crippen molar-refractivity contribution >= 4 is 5.97 Å². The lowest BCUT2D eigenvalue weighted by Gasteiger charge is -2.34. The van der Waals surface area contributed by atoms with Crippen LogP contribution in [-0.4, -0.2) is 48.3 Å². The summed E-state index contributed by atoms with van der Waals surface area (Å²) in [5.74, 6) is -1.28. The van der Waals surface area contributed by atoms with Gasteiger partial charge in [0.25, 0.3) is 0 Å². The Hall–Kier alpha value is -1.64. The number of carbonyl (C=O) groups is 1. The summed E-state index contributed by atoms with van der Waals surface area (Å²) in [4.78, 5) is 13.0. The summed E-state index contributed by atoms with van der Waals surface area (Å²) >= 11 is 0. The molecule has 0 bridgehead atoms. The molecule has 1 aliphatic heterocycles. The van der Waals surface area contributed by atoms with Gasteiger partial charge in [0.15, 0.2) is 0 Å². The van der Waals surface area contributed by atoms with Gasteiger partial charge in [-0.1, -0.05) is 13.0 Å². The Morgan fingerprint density at radius 1 is 1.27 bits per heavy atom. The number of aliphatic carboxylic acids is 1. The Morgan fingerprint density at radius 3 is 2.47 bits per heavy atom. The van der Waals surface area contributed by atoms with Crippen LogP contribution < -0.4 is 5.32 Å². The number of carboxylic acid groups (broad SMARTS) is 1. The molecule has 0 aromatic heterocycles. The second-order valence-corrected chi connectivity index (χ2v) is 8.49. The molecule has 1 heterocycles. The molecular weight excluding hydrogens is 397 g/mol. The van der Waals surface area contributed by atoms with Crippen LogP contribution in [0.25, 0.3) is 0 Å². The summed E-state index contributed by atoms with van der Waals surface area (Å²) in [7, 11) is 1.79. The highest BCUT2D eigenvalue weighted by Crippen LogP contribution is 2.32. The number of hydrogen-bond acceptors (Lipinski definition) is 4. The van der Waals surface area contributed by atoms with Crippen LogP contribution in [0.4, 0.5) is 13.2 Å². The summed E-state index contributed by atoms with van der Waals surface area (Å²) in [6.07, 6.45) is -1.79. The van der Waals surface area contributed by atoms with Crippen molar-refractivity contribution in [3.63, 3.8) is 0 Å². The van der Waals surface area contributed by atoms with E-state index in [9.17, 15) is 18.0 Å². The van der Waals surface area contributed by atoms with Crippen LogP contribution in [0.15, 0.2) is 18.2 Å². The predicted molar refractivity (Wildman–Crippen MR) is 109 cm³/mol. The molecule has 8 heteroatoms. The highest BCUT2D eigenvalue weighted by Gasteiger charge is 2.32. The second-order valence-electron chi connectivity index (χ2n) is 8.49. The summed E-state index contributed by atoms with van der Waals surface area (Å²) in [6.45, 7) is 6.44. The van der Waals surface area contributed by atoms with E-state index in [1.807, 2.05) is 18.7 Å². The van der Waals surface area contributed by atoms with E-state index < -0.39 is 23.6 Å². The van der Waals surface area contributed by atoms with Crippen LogP contribution in [-0.2, 0) is 28.9 Å². The van der Waals surface area contributed by atoms with Gasteiger partial charge in [-0.15, -0.1) is 0 Å². The van der Waals surface area contributed by atoms with Crippen molar-refractivity contribution in [1.82, 2.24) is 10.2 Å². The number of nitrogens with one attached hydrogen (secondary N) is 1. The Bertz CT molecular complexity index is 703. The fourth-order valence-corrected chi connectivity index (χ4v) is 3.73. The van der Waals surface area contributed by atoms with Crippen molar-refractivity contribution in [3.8, 4) is 0 Å². The van der Waals surface area contributed by atoms with Gasteiger partial charge >= 0.3 is 12.1 Å². The SMILES string of the molecule is CCC(CCN(C)Cc1cc(COC2(C)CCNCC2)cc(C(F)(F)F)c1)C(=O)O. The van der Waals surface area contributed by atoms with Gasteiger partial charge < -0.3 is 20.1 Å². The van der Waals surface area contributed by atoms with Crippen molar-refractivity contribution < 1.29 is 27.8 Å². The average Bonchev–Trinajstić information content (AvgIpc) is 2.66. The molecule has 0 saturated carbocycles. The molecule has 30 heavy (non-hydrogen) atoms. The standard InChI is InChI=1S/C22H33F3N2O3/c1-4-18(20(28)29)5-10-27(3)14-16-11-17(13-19(12-16)22(23,24)25)15-30-21(2)6-8-26-9-7-21/h11-13,18,26H,4-10,14-15H2,1-3H3,(H,28,29). The van der Waals surface area contributed by atoms with E-state index in [1.54, 1.807) is 13.1 Å². The number of carboxylic acids is 1. The van der Waals surface area contributed by atoms with Crippen LogP contribution in [0.3, 0.4) is 0 Å². The number of rotatable bonds is 10. The van der Waals surface area contributed by atoms with E-state index >= 15 is 0 Å². The first-order chi connectivity index (χ1) is 14.0. The molecule has 1 aromatic carbocycles. The minimum absolute atomic E-state index is 0.133. The smallest absolute Gasteiger partial charge is 0.416 e. The summed E-state index contributed by atoms with van der Waals surface area (Å²) in [5.41, 5.74) is 0.0387. The topological polar surface area (TPSA) is 61.8 Å². The molecule has 170 valence electrons. The third kappa shape index (κ3) is 7.56. The van der Waals surface area contributed by atoms with Crippen molar-refractivity contribution in [2.24, 2.45) is 5.92 Å². The van der Waals surface area contributed by atoms with E-state index in [-0.39, 0.29) is 12.2 Å². The van der Waals surface area contributed by atoms with Gasteiger partial charge in [-0.05, 0) is 82.5 Å². The molecule has 0 aliphatic carbocycles. The molecular formula is C22H33F3N2O3. The number of alkyl halides is 3. The number of hydrogen-bond donors (Lipinski definition) is 2. The molecule has 1 aliphatic rings. The maximum Gasteiger partial charge on any atom is 0.416 e. The third-order valence-corrected chi connectivity index (χ3v) is 5.78. The number of benzene rings is 1. The van der Waals surface area contributed by atoms with Gasteiger partial charge in [0.2, 0.25) is 0 Å². The molecule has 0 amide bonds. The zero-order chi connectivity index (χ0) is 22.4. The molecule has 2 N–H and O–H groups in total. The van der Waals surface area contributed by atoms with E-state index in [0.717, 1.165) is 32.0 Å². The molecule has 0 radical (unpaired) electrons. The van der Waals surface area contributed by atoms with Crippen molar-refractivity contribution in [1.29, 1.82) is 0 Å². The van der Waals surface area contributed by atoms with E-state index in [0.29, 0.717) is 37.1 Å². The Morgan fingerprint density at radius 2 is 1.90 bits per heavy atom. The van der Waals surface area contributed by atoms with Crippen LogP contribution in [0.2, 0.25) is 0 Å². The van der Waals surface area contributed by atoms with Crippen molar-refractivity contribution in [2.75, 3.05) is 26.7 Å². The largest absolute Gasteiger partial charge is 0.481 e. The summed E-state index contributed by atoms with van der Waals surface area (Å²) in [6, 6.07) is 4.08. The van der Waals surface area contributed by atoms with Crippen LogP contribution >= 0.6 is 0 Å². The summed E-state index contributed by atoms with van der Waals surface area (Å²) < 4.78 is 46.3. The Balaban J connectivity index is 2.08. The van der Waals surface area contributed by atoms with Crippen LogP contribution in [0.1, 0.15) is 56.2 Å². The number of halogens is 3. The zero-order valence-corrected chi connectivity index (χ0v) is 18.0. The maximum absolute atomic E-state index is 13.4. The van der Waals surface area contributed by atoms with Crippen LogP contribution in [0.5, 0.6) is 0 Å². The quantitative estimate of drug-likeness (QED) is 0.580. The maximum atomic E-state index is 13.4. The van der Waals surface area contributed by atoms with E-state index in [2.05, 4.69) is 5.32 Å². The van der Waals surface area contributed by atoms with Gasteiger partial charge in [0, 0.05) is 6.54 Å². The highest BCUT2D eigenvalue weighted by atomic mass is 19.4. The first-order valence-electron chi connectivity index (χ1n) is 10.5. The van der Waals surface area contributed by atoms with Gasteiger partial charge in [0.1, 0.15) is 0 Å². The number of piperidine rings is 1. The van der Waals surface area contributed by atoms with E-state index in [1.165, 1.54) is 6.07 Å². The molecule has 2 rings (SSSR count). The lowest BCUT2D eigenvalue weighted by atomic mass is 9.94. The molecule has 1 atom stereocenters. The molecule has 1 unspecified atom stereocenters. The fraction of sp³-hybridized carbons (Fsp3) is 0.682. The van der Waals surface area contributed by atoms with Gasteiger partial charge in [-0.2, -0.15) is 13.2 Å². The minimum atomic E-state index is -4.43. The Labute approximate surface area is 176 Å². The summed E-state index contributed by atoms with van der Waals surface area (Å²) in [5, 5.41) is 12.4. The van der Waals surface area contributed by atoms with E-state index in [4.69, 9.17) is 9.84 Å². The van der Waals surface area contributed by atoms with Crippen molar-refractivity contribution in [2.45, 2.75) is 64.5 Å². The second kappa shape index (κ2) is 10.6. The highest BCUT2D eigenvalue weighted by molar-refractivity contribution is 5.69. The van der Waals surface area contributed by atoms with Crippen molar-refractivity contribution in [3.05, 3.63) is 34.9 Å². The lowest BCUT2D eigenvalue weighted by molar-refractivity contribution is -0.142. The number of nitrogens with zero attached hydrogens (tertiary/aromatic N) is 1. The fourth-order valence-electron chi connectivity index (χ4n) is 3.73. The third-order valence-electron chi connectivity index (χ3n) is 5.78. The Kier molecular flexibility index (Phi) is 8.70. The first-order valence-corrected chi connectivity index (χ1v) is 10.5. The predicted octanol–water partition coefficient (Wildman–Crippen LogP) is 4.30. The molecule has 0 spiro atoms. The average molecular weight is 431 g/mol. The van der Waals surface area contributed by atoms with Gasteiger partial charge in [-0.25, -0.2) is 0 Å². The molecule has 1 saturated heterocycles. The number of ether oxygens (including phenoxy) is 1. The first kappa shape index (κ1) is 24.6. The molecule has 1 fully saturated rings. The van der Waals surface area contributed by atoms with Gasteiger partial charge in [0.05, 0.1) is 23.7 Å². The molecule has 1 aromatic rings. The van der Waals surface area contributed by atoms with Gasteiger partial charge in [-0.3, -0.25) is 4.79 Å². The van der Waals surface area contributed by atoms with Crippen LogP contribution in [0, 0.1) is 5.92 Å².